The third-order valence-corrected chi connectivity index (χ3v) is 2.70. The molecule has 15 heavy (non-hydrogen) atoms. The Bertz CT molecular complexity index is 574. The van der Waals surface area contributed by atoms with Gasteiger partial charge in [0.05, 0.1) is 10.2 Å². The molecule has 0 bridgehead atoms. The van der Waals surface area contributed by atoms with Crippen LogP contribution in [0.25, 0.3) is 10.2 Å². The summed E-state index contributed by atoms with van der Waals surface area (Å²) in [5.41, 5.74) is 0.810. The van der Waals surface area contributed by atoms with Crippen LogP contribution in [0, 0.1) is 23.7 Å². The van der Waals surface area contributed by atoms with Gasteiger partial charge in [0.15, 0.2) is 5.01 Å². The SMILES string of the molecule is C#CCOc1ccc2nc(C#N)sc2c1. The van der Waals surface area contributed by atoms with Crippen molar-refractivity contribution in [2.45, 2.75) is 0 Å². The minimum Gasteiger partial charge on any atom is -0.481 e. The lowest BCUT2D eigenvalue weighted by Gasteiger charge is -2.00. The molecule has 0 saturated heterocycles. The van der Waals surface area contributed by atoms with Gasteiger partial charge in [-0.25, -0.2) is 4.98 Å². The smallest absolute Gasteiger partial charge is 0.195 e. The summed E-state index contributed by atoms with van der Waals surface area (Å²) in [7, 11) is 0. The Hall–Kier alpha value is -2.04. The van der Waals surface area contributed by atoms with Gasteiger partial charge in [-0.3, -0.25) is 0 Å². The maximum atomic E-state index is 8.69. The molecule has 0 atom stereocenters. The number of nitrogens with zero attached hydrogens (tertiary/aromatic N) is 2. The van der Waals surface area contributed by atoms with Crippen LogP contribution < -0.4 is 4.74 Å². The number of ether oxygens (including phenoxy) is 1. The van der Waals surface area contributed by atoms with Crippen LogP contribution in [0.1, 0.15) is 5.01 Å². The number of nitriles is 1. The number of fused-ring (bicyclic) bond motifs is 1. The monoisotopic (exact) mass is 214 g/mol. The Morgan fingerprint density at radius 3 is 3.13 bits per heavy atom. The summed E-state index contributed by atoms with van der Waals surface area (Å²) in [6.45, 7) is 0.245. The Morgan fingerprint density at radius 1 is 1.53 bits per heavy atom. The van der Waals surface area contributed by atoms with Gasteiger partial charge in [0.25, 0.3) is 0 Å². The van der Waals surface area contributed by atoms with Gasteiger partial charge in [-0.05, 0) is 18.2 Å². The fourth-order valence-corrected chi connectivity index (χ4v) is 1.96. The first-order valence-corrected chi connectivity index (χ1v) is 5.02. The van der Waals surface area contributed by atoms with Crippen LogP contribution in [0.2, 0.25) is 0 Å². The number of hydrogen-bond donors (Lipinski definition) is 0. The molecule has 0 amide bonds. The molecule has 2 rings (SSSR count). The zero-order valence-corrected chi connectivity index (χ0v) is 8.54. The lowest BCUT2D eigenvalue weighted by atomic mass is 10.3. The molecule has 0 aliphatic carbocycles. The molecule has 1 aromatic carbocycles. The summed E-state index contributed by atoms with van der Waals surface area (Å²) in [5, 5.41) is 9.15. The largest absolute Gasteiger partial charge is 0.481 e. The van der Waals surface area contributed by atoms with E-state index in [2.05, 4.69) is 10.9 Å². The van der Waals surface area contributed by atoms with Crippen LogP contribution in [0.3, 0.4) is 0 Å². The highest BCUT2D eigenvalue weighted by Crippen LogP contribution is 2.25. The van der Waals surface area contributed by atoms with Gasteiger partial charge in [-0.15, -0.1) is 17.8 Å². The molecule has 0 N–H and O–H groups in total. The molecule has 1 heterocycles. The van der Waals surface area contributed by atoms with Gasteiger partial charge in [-0.1, -0.05) is 5.92 Å². The van der Waals surface area contributed by atoms with Crippen molar-refractivity contribution in [3.05, 3.63) is 23.2 Å². The lowest BCUT2D eigenvalue weighted by molar-refractivity contribution is 0.371. The molecule has 3 nitrogen and oxygen atoms in total. The molecule has 0 radical (unpaired) electrons. The van der Waals surface area contributed by atoms with E-state index in [1.54, 1.807) is 6.07 Å². The van der Waals surface area contributed by atoms with E-state index in [1.807, 2.05) is 18.2 Å². The molecule has 0 aliphatic heterocycles. The fraction of sp³-hybridized carbons (Fsp3) is 0.0909. The van der Waals surface area contributed by atoms with Crippen LogP contribution in [0.5, 0.6) is 5.75 Å². The second-order valence-corrected chi connectivity index (χ2v) is 3.78. The Kier molecular flexibility index (Phi) is 2.53. The molecular weight excluding hydrogens is 208 g/mol. The van der Waals surface area contributed by atoms with Crippen LogP contribution >= 0.6 is 11.3 Å². The topological polar surface area (TPSA) is 45.9 Å². The molecular formula is C11H6N2OS. The van der Waals surface area contributed by atoms with E-state index in [1.165, 1.54) is 11.3 Å². The molecule has 0 fully saturated rings. The third kappa shape index (κ3) is 1.90. The predicted octanol–water partition coefficient (Wildman–Crippen LogP) is 2.18. The predicted molar refractivity (Wildman–Crippen MR) is 58.7 cm³/mol. The zero-order chi connectivity index (χ0) is 10.7. The van der Waals surface area contributed by atoms with E-state index < -0.39 is 0 Å². The third-order valence-electron chi connectivity index (χ3n) is 1.78. The Morgan fingerprint density at radius 2 is 2.40 bits per heavy atom. The van der Waals surface area contributed by atoms with Crippen molar-refractivity contribution in [1.29, 1.82) is 5.26 Å². The second kappa shape index (κ2) is 4.00. The maximum absolute atomic E-state index is 8.69. The van der Waals surface area contributed by atoms with Gasteiger partial charge >= 0.3 is 0 Å². The summed E-state index contributed by atoms with van der Waals surface area (Å²) in [6, 6.07) is 7.46. The van der Waals surface area contributed by atoms with Gasteiger partial charge in [0, 0.05) is 0 Å². The van der Waals surface area contributed by atoms with E-state index in [-0.39, 0.29) is 6.61 Å². The minimum absolute atomic E-state index is 0.245. The van der Waals surface area contributed by atoms with Crippen molar-refractivity contribution in [2.24, 2.45) is 0 Å². The van der Waals surface area contributed by atoms with Crippen molar-refractivity contribution < 1.29 is 4.74 Å². The average molecular weight is 214 g/mol. The van der Waals surface area contributed by atoms with Crippen LogP contribution in [-0.2, 0) is 0 Å². The molecule has 0 aliphatic rings. The van der Waals surface area contributed by atoms with Gasteiger partial charge in [-0.2, -0.15) is 5.26 Å². The first-order valence-electron chi connectivity index (χ1n) is 4.20. The van der Waals surface area contributed by atoms with Crippen LogP contribution in [0.4, 0.5) is 0 Å². The first kappa shape index (κ1) is 9.51. The average Bonchev–Trinajstić information content (AvgIpc) is 2.68. The van der Waals surface area contributed by atoms with Gasteiger partial charge in [0.2, 0.25) is 0 Å². The van der Waals surface area contributed by atoms with E-state index in [9.17, 15) is 0 Å². The molecule has 2 aromatic rings. The van der Waals surface area contributed by atoms with Gasteiger partial charge < -0.3 is 4.74 Å². The molecule has 72 valence electrons. The van der Waals surface area contributed by atoms with Crippen LogP contribution in [-0.4, -0.2) is 11.6 Å². The highest BCUT2D eigenvalue weighted by molar-refractivity contribution is 7.19. The second-order valence-electron chi connectivity index (χ2n) is 2.75. The van der Waals surface area contributed by atoms with E-state index in [0.717, 1.165) is 10.2 Å². The van der Waals surface area contributed by atoms with Gasteiger partial charge in [0.1, 0.15) is 18.4 Å². The molecule has 0 saturated carbocycles. The number of benzene rings is 1. The summed E-state index contributed by atoms with van der Waals surface area (Å²) in [5.74, 6) is 3.10. The maximum Gasteiger partial charge on any atom is 0.195 e. The van der Waals surface area contributed by atoms with E-state index in [0.29, 0.717) is 10.8 Å². The van der Waals surface area contributed by atoms with Crippen molar-refractivity contribution in [2.75, 3.05) is 6.61 Å². The Labute approximate surface area is 90.9 Å². The normalized spacial score (nSPS) is 9.47. The van der Waals surface area contributed by atoms with Crippen LogP contribution in [0.15, 0.2) is 18.2 Å². The highest BCUT2D eigenvalue weighted by atomic mass is 32.1. The summed E-state index contributed by atoms with van der Waals surface area (Å²) >= 11 is 1.34. The molecule has 4 heteroatoms. The standard InChI is InChI=1S/C11H6N2OS/c1-2-5-14-8-3-4-9-10(6-8)15-11(7-12)13-9/h1,3-4,6H,5H2. The minimum atomic E-state index is 0.245. The highest BCUT2D eigenvalue weighted by Gasteiger charge is 2.03. The van der Waals surface area contributed by atoms with E-state index in [4.69, 9.17) is 16.4 Å². The number of thiazole rings is 1. The Balaban J connectivity index is 2.39. The van der Waals surface area contributed by atoms with Crippen molar-refractivity contribution in [3.8, 4) is 24.2 Å². The van der Waals surface area contributed by atoms with Crippen molar-refractivity contribution in [1.82, 2.24) is 4.98 Å². The van der Waals surface area contributed by atoms with E-state index >= 15 is 0 Å². The molecule has 1 aromatic heterocycles. The number of hydrogen-bond acceptors (Lipinski definition) is 4. The summed E-state index contributed by atoms with van der Waals surface area (Å²) in [4.78, 5) is 4.11. The first-order chi connectivity index (χ1) is 7.33. The fourth-order valence-electron chi connectivity index (χ4n) is 1.17. The molecule has 0 spiro atoms. The lowest BCUT2D eigenvalue weighted by Crippen LogP contribution is -1.92. The molecule has 0 unspecified atom stereocenters. The number of rotatable bonds is 2. The summed E-state index contributed by atoms with van der Waals surface area (Å²) in [6.07, 6.45) is 5.09. The zero-order valence-electron chi connectivity index (χ0n) is 7.73. The quantitative estimate of drug-likeness (QED) is 0.720. The number of terminal acetylenes is 1. The van der Waals surface area contributed by atoms with Crippen molar-refractivity contribution in [3.63, 3.8) is 0 Å². The number of aromatic nitrogens is 1. The summed E-state index contributed by atoms with van der Waals surface area (Å²) < 4.78 is 6.20. The van der Waals surface area contributed by atoms with Crippen molar-refractivity contribution >= 4 is 21.6 Å².